The highest BCUT2D eigenvalue weighted by Gasteiger charge is 2.29. The highest BCUT2D eigenvalue weighted by Crippen LogP contribution is 2.29. The summed E-state index contributed by atoms with van der Waals surface area (Å²) in [6.07, 6.45) is 1.43. The van der Waals surface area contributed by atoms with Gasteiger partial charge in [-0.05, 0) is 48.7 Å². The molecule has 0 unspecified atom stereocenters. The molecule has 3 rings (SSSR count). The van der Waals surface area contributed by atoms with E-state index in [-0.39, 0.29) is 18.0 Å². The largest absolute Gasteiger partial charge is 0.362 e. The predicted molar refractivity (Wildman–Crippen MR) is 95.2 cm³/mol. The Hall–Kier alpha value is -2.55. The molecule has 1 amide bonds. The first-order chi connectivity index (χ1) is 12.8. The van der Waals surface area contributed by atoms with Crippen LogP contribution in [0.15, 0.2) is 47.4 Å². The second-order valence-electron chi connectivity index (χ2n) is 6.15. The Morgan fingerprint density at radius 2 is 1.93 bits per heavy atom. The Kier molecular flexibility index (Phi) is 5.41. The molecule has 0 bridgehead atoms. The van der Waals surface area contributed by atoms with E-state index in [0.29, 0.717) is 13.0 Å². The van der Waals surface area contributed by atoms with Gasteiger partial charge in [0.1, 0.15) is 5.82 Å². The van der Waals surface area contributed by atoms with Crippen LogP contribution in [0.5, 0.6) is 0 Å². The molecule has 0 aliphatic carbocycles. The van der Waals surface area contributed by atoms with E-state index < -0.39 is 26.4 Å². The van der Waals surface area contributed by atoms with Gasteiger partial charge in [-0.3, -0.25) is 4.79 Å². The molecule has 0 atom stereocenters. The van der Waals surface area contributed by atoms with Crippen molar-refractivity contribution in [3.8, 4) is 0 Å². The number of carbonyl (C=O) groups excluding carboxylic acids is 1. The zero-order valence-corrected chi connectivity index (χ0v) is 15.0. The summed E-state index contributed by atoms with van der Waals surface area (Å²) in [5.74, 6) is -4.49. The molecule has 0 radical (unpaired) electrons. The molecule has 0 fully saturated rings. The molecule has 2 aromatic carbocycles. The molecular weight excluding hydrogens is 381 g/mol. The third-order valence-electron chi connectivity index (χ3n) is 4.29. The summed E-state index contributed by atoms with van der Waals surface area (Å²) in [5.41, 5.74) is 1.32. The molecule has 0 saturated heterocycles. The smallest absolute Gasteiger partial charge is 0.341 e. The van der Waals surface area contributed by atoms with Crippen LogP contribution in [0.1, 0.15) is 12.0 Å². The van der Waals surface area contributed by atoms with Gasteiger partial charge in [0.25, 0.3) is 0 Å². The number of para-hydroxylation sites is 1. The first-order valence-electron chi connectivity index (χ1n) is 8.23. The van der Waals surface area contributed by atoms with Gasteiger partial charge < -0.3 is 10.2 Å². The molecule has 1 heterocycles. The van der Waals surface area contributed by atoms with Crippen LogP contribution in [0.4, 0.5) is 24.5 Å². The van der Waals surface area contributed by atoms with Crippen LogP contribution >= 0.6 is 0 Å². The number of amides is 1. The molecule has 9 heteroatoms. The molecular formula is C18H17F3N2O3S. The van der Waals surface area contributed by atoms with E-state index in [4.69, 9.17) is 0 Å². The molecule has 27 heavy (non-hydrogen) atoms. The molecule has 144 valence electrons. The SMILES string of the molecule is O=C(CN1CCCc2cc(F)ccc21)Nc1ccccc1S(=O)(=O)C(F)F. The van der Waals surface area contributed by atoms with Gasteiger partial charge in [0.2, 0.25) is 15.7 Å². The number of alkyl halides is 2. The molecule has 0 saturated carbocycles. The number of rotatable bonds is 5. The van der Waals surface area contributed by atoms with Gasteiger partial charge >= 0.3 is 5.76 Å². The van der Waals surface area contributed by atoms with E-state index in [2.05, 4.69) is 5.32 Å². The van der Waals surface area contributed by atoms with Crippen molar-refractivity contribution in [2.45, 2.75) is 23.5 Å². The molecule has 0 spiro atoms. The van der Waals surface area contributed by atoms with Crippen molar-refractivity contribution in [2.75, 3.05) is 23.3 Å². The van der Waals surface area contributed by atoms with Crippen molar-refractivity contribution in [3.63, 3.8) is 0 Å². The highest BCUT2D eigenvalue weighted by atomic mass is 32.2. The van der Waals surface area contributed by atoms with E-state index in [9.17, 15) is 26.4 Å². The van der Waals surface area contributed by atoms with Crippen molar-refractivity contribution in [3.05, 3.63) is 53.8 Å². The van der Waals surface area contributed by atoms with Crippen LogP contribution in [-0.4, -0.2) is 33.2 Å². The summed E-state index contributed by atoms with van der Waals surface area (Å²) in [6.45, 7) is 0.463. The Bertz CT molecular complexity index is 964. The Balaban J connectivity index is 1.79. The lowest BCUT2D eigenvalue weighted by Gasteiger charge is -2.30. The number of anilines is 2. The van der Waals surface area contributed by atoms with E-state index >= 15 is 0 Å². The maximum Gasteiger partial charge on any atom is 0.341 e. The van der Waals surface area contributed by atoms with Crippen molar-refractivity contribution < 1.29 is 26.4 Å². The predicted octanol–water partition coefficient (Wildman–Crippen LogP) is 3.21. The number of nitrogens with zero attached hydrogens (tertiary/aromatic N) is 1. The normalized spacial score (nSPS) is 14.1. The Morgan fingerprint density at radius 1 is 1.19 bits per heavy atom. The second kappa shape index (κ2) is 7.59. The number of nitrogens with one attached hydrogen (secondary N) is 1. The van der Waals surface area contributed by atoms with Gasteiger partial charge in [0.15, 0.2) is 0 Å². The lowest BCUT2D eigenvalue weighted by molar-refractivity contribution is -0.115. The minimum Gasteiger partial charge on any atom is -0.362 e. The van der Waals surface area contributed by atoms with E-state index in [1.54, 1.807) is 11.0 Å². The van der Waals surface area contributed by atoms with Gasteiger partial charge in [-0.1, -0.05) is 12.1 Å². The van der Waals surface area contributed by atoms with Crippen LogP contribution in [0.25, 0.3) is 0 Å². The molecule has 0 aromatic heterocycles. The average Bonchev–Trinajstić information content (AvgIpc) is 2.61. The maximum absolute atomic E-state index is 13.4. The van der Waals surface area contributed by atoms with E-state index in [1.807, 2.05) is 0 Å². The summed E-state index contributed by atoms with van der Waals surface area (Å²) in [6, 6.07) is 9.35. The Morgan fingerprint density at radius 3 is 2.67 bits per heavy atom. The third kappa shape index (κ3) is 4.08. The number of carbonyl (C=O) groups is 1. The number of benzene rings is 2. The molecule has 1 aliphatic rings. The fraction of sp³-hybridized carbons (Fsp3) is 0.278. The first-order valence-corrected chi connectivity index (χ1v) is 9.78. The number of halogens is 3. The second-order valence-corrected chi connectivity index (χ2v) is 8.03. The summed E-state index contributed by atoms with van der Waals surface area (Å²) >= 11 is 0. The number of sulfone groups is 1. The summed E-state index contributed by atoms with van der Waals surface area (Å²) in [7, 11) is -4.84. The van der Waals surface area contributed by atoms with Gasteiger partial charge in [0, 0.05) is 12.2 Å². The Labute approximate surface area is 154 Å². The minimum atomic E-state index is -4.84. The zero-order chi connectivity index (χ0) is 19.6. The summed E-state index contributed by atoms with van der Waals surface area (Å²) in [5, 5.41) is 2.39. The van der Waals surface area contributed by atoms with Crippen molar-refractivity contribution in [2.24, 2.45) is 0 Å². The summed E-state index contributed by atoms with van der Waals surface area (Å²) in [4.78, 5) is 13.5. The number of aryl methyl sites for hydroxylation is 1. The zero-order valence-electron chi connectivity index (χ0n) is 14.2. The van der Waals surface area contributed by atoms with Crippen molar-refractivity contribution >= 4 is 27.1 Å². The van der Waals surface area contributed by atoms with Crippen LogP contribution in [0, 0.1) is 5.82 Å². The van der Waals surface area contributed by atoms with Crippen LogP contribution in [-0.2, 0) is 21.1 Å². The quantitative estimate of drug-likeness (QED) is 0.840. The van der Waals surface area contributed by atoms with Gasteiger partial charge in [-0.25, -0.2) is 12.8 Å². The third-order valence-corrected chi connectivity index (χ3v) is 5.73. The van der Waals surface area contributed by atoms with Gasteiger partial charge in [-0.15, -0.1) is 0 Å². The number of fused-ring (bicyclic) bond motifs is 1. The standard InChI is InChI=1S/C18H17F3N2O3S/c19-13-7-8-15-12(10-13)4-3-9-23(15)11-17(24)22-14-5-1-2-6-16(14)27(25,26)18(20)21/h1-2,5-8,10,18H,3-4,9,11H2,(H,22,24). The summed E-state index contributed by atoms with van der Waals surface area (Å²) < 4.78 is 62.6. The molecule has 2 aromatic rings. The average molecular weight is 398 g/mol. The topological polar surface area (TPSA) is 66.5 Å². The van der Waals surface area contributed by atoms with Crippen LogP contribution in [0.2, 0.25) is 0 Å². The lowest BCUT2D eigenvalue weighted by Crippen LogP contribution is -2.37. The van der Waals surface area contributed by atoms with Gasteiger partial charge in [0.05, 0.1) is 17.1 Å². The van der Waals surface area contributed by atoms with E-state index in [1.165, 1.54) is 30.3 Å². The van der Waals surface area contributed by atoms with Crippen LogP contribution in [0.3, 0.4) is 0 Å². The monoisotopic (exact) mass is 398 g/mol. The highest BCUT2D eigenvalue weighted by molar-refractivity contribution is 7.91. The number of hydrogen-bond donors (Lipinski definition) is 1. The molecule has 1 N–H and O–H groups in total. The fourth-order valence-corrected chi connectivity index (χ4v) is 3.97. The molecule has 5 nitrogen and oxygen atoms in total. The van der Waals surface area contributed by atoms with Gasteiger partial charge in [-0.2, -0.15) is 8.78 Å². The van der Waals surface area contributed by atoms with E-state index in [0.717, 1.165) is 23.7 Å². The lowest BCUT2D eigenvalue weighted by atomic mass is 10.0. The molecule has 1 aliphatic heterocycles. The maximum atomic E-state index is 13.4. The van der Waals surface area contributed by atoms with Crippen molar-refractivity contribution in [1.29, 1.82) is 0 Å². The minimum absolute atomic E-state index is 0.109. The van der Waals surface area contributed by atoms with Crippen molar-refractivity contribution in [1.82, 2.24) is 0 Å². The fourth-order valence-electron chi connectivity index (χ4n) is 3.08. The van der Waals surface area contributed by atoms with Crippen LogP contribution < -0.4 is 10.2 Å². The number of hydrogen-bond acceptors (Lipinski definition) is 4. The first kappa shape index (κ1) is 19.2.